The lowest BCUT2D eigenvalue weighted by Gasteiger charge is -2.00. The molecule has 0 aromatic carbocycles. The summed E-state index contributed by atoms with van der Waals surface area (Å²) in [6, 6.07) is 0. The lowest BCUT2D eigenvalue weighted by Crippen LogP contribution is -1.92. The van der Waals surface area contributed by atoms with Crippen molar-refractivity contribution >= 4 is 5.97 Å². The molecule has 0 rings (SSSR count). The molecule has 156 valence electrons. The fourth-order valence-corrected chi connectivity index (χ4v) is 2.49. The fraction of sp³-hybridized carbons (Fsp3) is 0.536. The number of carboxylic acid groups (broad SMARTS) is 1. The summed E-state index contributed by atoms with van der Waals surface area (Å²) in [7, 11) is 0. The molecule has 0 saturated carbocycles. The van der Waals surface area contributed by atoms with Crippen molar-refractivity contribution in [2.45, 2.75) is 96.8 Å². The van der Waals surface area contributed by atoms with Crippen LogP contribution in [0.1, 0.15) is 96.8 Å². The van der Waals surface area contributed by atoms with Gasteiger partial charge in [-0.2, -0.15) is 0 Å². The summed E-state index contributed by atoms with van der Waals surface area (Å²) in [4.78, 5) is 10.3. The van der Waals surface area contributed by atoms with Crippen molar-refractivity contribution in [2.75, 3.05) is 0 Å². The van der Waals surface area contributed by atoms with Crippen molar-refractivity contribution in [3.05, 3.63) is 0 Å². The highest BCUT2D eigenvalue weighted by Crippen LogP contribution is 2.10. The average Bonchev–Trinajstić information content (AvgIpc) is 2.73. The van der Waals surface area contributed by atoms with Crippen molar-refractivity contribution in [2.24, 2.45) is 0 Å². The van der Waals surface area contributed by atoms with Crippen molar-refractivity contribution < 1.29 is 9.90 Å². The maximum Gasteiger partial charge on any atom is 0.303 e. The van der Waals surface area contributed by atoms with E-state index >= 15 is 0 Å². The lowest BCUT2D eigenvalue weighted by atomic mass is 10.1. The SMILES string of the molecule is CCCCCCCCCCCCC#CC#CC#CC#CC#CC#CCCCC(=O)O. The maximum absolute atomic E-state index is 10.3. The highest BCUT2D eigenvalue weighted by molar-refractivity contribution is 5.66. The van der Waals surface area contributed by atoms with Gasteiger partial charge in [-0.1, -0.05) is 76.6 Å². The quantitative estimate of drug-likeness (QED) is 0.324. The number of unbranched alkanes of at least 4 members (excludes halogenated alkanes) is 11. The predicted octanol–water partition coefficient (Wildman–Crippen LogP) is 5.57. The molecule has 0 aliphatic heterocycles. The van der Waals surface area contributed by atoms with Crippen LogP contribution in [0.15, 0.2) is 0 Å². The third-order valence-corrected chi connectivity index (χ3v) is 4.09. The van der Waals surface area contributed by atoms with E-state index in [1.54, 1.807) is 0 Å². The van der Waals surface area contributed by atoms with E-state index in [-0.39, 0.29) is 6.42 Å². The fourth-order valence-electron chi connectivity index (χ4n) is 2.49. The van der Waals surface area contributed by atoms with E-state index < -0.39 is 5.97 Å². The molecule has 0 aromatic rings. The van der Waals surface area contributed by atoms with Crippen molar-refractivity contribution in [1.29, 1.82) is 0 Å². The van der Waals surface area contributed by atoms with E-state index in [1.807, 2.05) is 0 Å². The molecule has 0 bridgehead atoms. The summed E-state index contributed by atoms with van der Waals surface area (Å²) in [6.07, 6.45) is 15.4. The molecule has 30 heavy (non-hydrogen) atoms. The number of carbonyl (C=O) groups is 1. The minimum absolute atomic E-state index is 0.127. The Morgan fingerprint density at radius 2 is 0.900 bits per heavy atom. The van der Waals surface area contributed by atoms with Gasteiger partial charge in [-0.25, -0.2) is 0 Å². The molecule has 0 heterocycles. The zero-order valence-corrected chi connectivity index (χ0v) is 18.3. The third-order valence-electron chi connectivity index (χ3n) is 4.09. The summed E-state index contributed by atoms with van der Waals surface area (Å²) in [5.74, 6) is 31.3. The van der Waals surface area contributed by atoms with Crippen LogP contribution in [-0.4, -0.2) is 11.1 Å². The van der Waals surface area contributed by atoms with Gasteiger partial charge in [-0.15, -0.1) is 0 Å². The first-order chi connectivity index (χ1) is 14.8. The first-order valence-electron chi connectivity index (χ1n) is 10.9. The molecule has 0 aromatic heterocycles. The molecule has 2 nitrogen and oxygen atoms in total. The molecule has 0 unspecified atom stereocenters. The molecule has 0 aliphatic rings. The largest absolute Gasteiger partial charge is 0.481 e. The minimum atomic E-state index is -0.810. The van der Waals surface area contributed by atoms with Crippen LogP contribution in [0.25, 0.3) is 0 Å². The molecule has 0 radical (unpaired) electrons. The first kappa shape index (κ1) is 26.8. The predicted molar refractivity (Wildman–Crippen MR) is 125 cm³/mol. The molecule has 0 aliphatic carbocycles. The highest BCUT2D eigenvalue weighted by atomic mass is 16.4. The Bertz CT molecular complexity index is 840. The van der Waals surface area contributed by atoms with Crippen molar-refractivity contribution in [3.8, 4) is 71.0 Å². The summed E-state index contributed by atoms with van der Waals surface area (Å²) in [6.45, 7) is 2.25. The van der Waals surface area contributed by atoms with Gasteiger partial charge in [0.05, 0.1) is 0 Å². The second-order valence-corrected chi connectivity index (χ2v) is 6.78. The Hall–Kier alpha value is -3.17. The van der Waals surface area contributed by atoms with Crippen LogP contribution in [0.5, 0.6) is 0 Å². The lowest BCUT2D eigenvalue weighted by molar-refractivity contribution is -0.137. The van der Waals surface area contributed by atoms with Crippen LogP contribution in [0, 0.1) is 71.0 Å². The second kappa shape index (κ2) is 23.9. The number of aliphatic carboxylic acids is 1. The zero-order valence-electron chi connectivity index (χ0n) is 18.3. The van der Waals surface area contributed by atoms with Gasteiger partial charge in [0.1, 0.15) is 0 Å². The van der Waals surface area contributed by atoms with Crippen LogP contribution in [0.4, 0.5) is 0 Å². The van der Waals surface area contributed by atoms with E-state index in [0.29, 0.717) is 12.8 Å². The average molecular weight is 401 g/mol. The summed E-state index contributed by atoms with van der Waals surface area (Å²) in [5, 5.41) is 8.47. The summed E-state index contributed by atoms with van der Waals surface area (Å²) in [5.41, 5.74) is 0. The van der Waals surface area contributed by atoms with Crippen LogP contribution in [0.2, 0.25) is 0 Å². The monoisotopic (exact) mass is 400 g/mol. The Labute approximate surface area is 184 Å². The number of carboxylic acids is 1. The van der Waals surface area contributed by atoms with Gasteiger partial charge in [0.15, 0.2) is 0 Å². The van der Waals surface area contributed by atoms with E-state index in [0.717, 1.165) is 12.8 Å². The molecular weight excluding hydrogens is 368 g/mol. The van der Waals surface area contributed by atoms with E-state index in [4.69, 9.17) is 5.11 Å². The normalized spacial score (nSPS) is 8.03. The third kappa shape index (κ3) is 24.8. The second-order valence-electron chi connectivity index (χ2n) is 6.78. The molecule has 0 atom stereocenters. The molecule has 0 spiro atoms. The Kier molecular flexibility index (Phi) is 21.3. The zero-order chi connectivity index (χ0) is 22.0. The number of rotatable bonds is 13. The molecule has 1 N–H and O–H groups in total. The summed E-state index contributed by atoms with van der Waals surface area (Å²) < 4.78 is 0. The first-order valence-corrected chi connectivity index (χ1v) is 10.9. The van der Waals surface area contributed by atoms with Crippen LogP contribution < -0.4 is 0 Å². The summed E-state index contributed by atoms with van der Waals surface area (Å²) >= 11 is 0. The van der Waals surface area contributed by atoms with Gasteiger partial charge in [0, 0.05) is 19.3 Å². The molecule has 0 saturated heterocycles. The van der Waals surface area contributed by atoms with Crippen LogP contribution in [0.3, 0.4) is 0 Å². The number of hydrogen-bond acceptors (Lipinski definition) is 1. The van der Waals surface area contributed by atoms with E-state index in [9.17, 15) is 4.79 Å². The molecule has 2 heteroatoms. The van der Waals surface area contributed by atoms with Gasteiger partial charge in [-0.05, 0) is 72.0 Å². The maximum atomic E-state index is 10.3. The molecule has 0 amide bonds. The van der Waals surface area contributed by atoms with Gasteiger partial charge < -0.3 is 5.11 Å². The van der Waals surface area contributed by atoms with Gasteiger partial charge in [0.25, 0.3) is 0 Å². The van der Waals surface area contributed by atoms with Gasteiger partial charge >= 0.3 is 5.97 Å². The van der Waals surface area contributed by atoms with Crippen LogP contribution in [-0.2, 0) is 4.79 Å². The van der Waals surface area contributed by atoms with E-state index in [1.165, 1.54) is 57.8 Å². The standard InChI is InChI=1S/C28H32O2/c1-2-3-4-5-6-7-8-9-10-11-12-13-14-15-16-17-18-19-20-21-22-23-24-25-26-27-28(29)30/h2-12,25-27H2,1H3,(H,29,30). The van der Waals surface area contributed by atoms with Crippen molar-refractivity contribution in [1.82, 2.24) is 0 Å². The van der Waals surface area contributed by atoms with Crippen molar-refractivity contribution in [3.63, 3.8) is 0 Å². The highest BCUT2D eigenvalue weighted by Gasteiger charge is 1.93. The van der Waals surface area contributed by atoms with Gasteiger partial charge in [-0.3, -0.25) is 4.79 Å². The molecular formula is C28H32O2. The van der Waals surface area contributed by atoms with Gasteiger partial charge in [0.2, 0.25) is 0 Å². The Balaban J connectivity index is 3.72. The minimum Gasteiger partial charge on any atom is -0.481 e. The Morgan fingerprint density at radius 1 is 0.533 bits per heavy atom. The smallest absolute Gasteiger partial charge is 0.303 e. The Morgan fingerprint density at radius 3 is 1.33 bits per heavy atom. The van der Waals surface area contributed by atoms with Crippen LogP contribution >= 0.6 is 0 Å². The van der Waals surface area contributed by atoms with E-state index in [2.05, 4.69) is 78.0 Å². The topological polar surface area (TPSA) is 37.3 Å². The molecule has 0 fully saturated rings. The number of hydrogen-bond donors (Lipinski definition) is 1.